The monoisotopic (exact) mass is 324 g/mol. The predicted octanol–water partition coefficient (Wildman–Crippen LogP) is 3.37. The van der Waals surface area contributed by atoms with Crippen LogP contribution in [0.25, 0.3) is 0 Å². The maximum Gasteiger partial charge on any atom is 0.0234 e. The van der Waals surface area contributed by atoms with E-state index in [9.17, 15) is 0 Å². The SMILES string of the molecule is BrCCCCCN1CCN(Cc2ccccc2)CC1. The molecule has 1 aliphatic heterocycles. The Bertz CT molecular complexity index is 334. The molecule has 3 heteroatoms. The highest BCUT2D eigenvalue weighted by molar-refractivity contribution is 9.09. The first-order valence-corrected chi connectivity index (χ1v) is 8.55. The molecule has 0 aromatic heterocycles. The van der Waals surface area contributed by atoms with Gasteiger partial charge in [0.1, 0.15) is 0 Å². The molecule has 1 aromatic carbocycles. The van der Waals surface area contributed by atoms with Gasteiger partial charge in [0.25, 0.3) is 0 Å². The molecule has 0 radical (unpaired) electrons. The largest absolute Gasteiger partial charge is 0.301 e. The second-order valence-electron chi connectivity index (χ2n) is 5.35. The predicted molar refractivity (Wildman–Crippen MR) is 85.8 cm³/mol. The van der Waals surface area contributed by atoms with Crippen LogP contribution in [0, 0.1) is 0 Å². The molecular formula is C16H25BrN2. The highest BCUT2D eigenvalue weighted by atomic mass is 79.9. The van der Waals surface area contributed by atoms with Crippen molar-refractivity contribution >= 4 is 15.9 Å². The summed E-state index contributed by atoms with van der Waals surface area (Å²) in [6, 6.07) is 10.8. The molecule has 0 amide bonds. The normalized spacial score (nSPS) is 17.7. The Labute approximate surface area is 125 Å². The van der Waals surface area contributed by atoms with Gasteiger partial charge in [-0.3, -0.25) is 4.90 Å². The van der Waals surface area contributed by atoms with Crippen molar-refractivity contribution in [2.45, 2.75) is 25.8 Å². The van der Waals surface area contributed by atoms with Gasteiger partial charge in [-0.05, 0) is 24.9 Å². The third kappa shape index (κ3) is 5.64. The second-order valence-corrected chi connectivity index (χ2v) is 6.15. The lowest BCUT2D eigenvalue weighted by Gasteiger charge is -2.34. The molecule has 1 heterocycles. The van der Waals surface area contributed by atoms with Crippen LogP contribution in [-0.4, -0.2) is 47.9 Å². The van der Waals surface area contributed by atoms with Crippen molar-refractivity contribution in [3.05, 3.63) is 35.9 Å². The van der Waals surface area contributed by atoms with E-state index in [1.54, 1.807) is 0 Å². The van der Waals surface area contributed by atoms with E-state index in [1.165, 1.54) is 57.5 Å². The van der Waals surface area contributed by atoms with Gasteiger partial charge >= 0.3 is 0 Å². The maximum absolute atomic E-state index is 3.49. The highest BCUT2D eigenvalue weighted by Crippen LogP contribution is 2.09. The maximum atomic E-state index is 3.49. The topological polar surface area (TPSA) is 6.48 Å². The number of piperazine rings is 1. The second kappa shape index (κ2) is 8.72. The Morgan fingerprint density at radius 3 is 2.21 bits per heavy atom. The Hall–Kier alpha value is -0.380. The van der Waals surface area contributed by atoms with E-state index < -0.39 is 0 Å². The Morgan fingerprint density at radius 2 is 1.53 bits per heavy atom. The summed E-state index contributed by atoms with van der Waals surface area (Å²) >= 11 is 3.49. The van der Waals surface area contributed by atoms with Gasteiger partial charge in [0.15, 0.2) is 0 Å². The minimum Gasteiger partial charge on any atom is -0.301 e. The Balaban J connectivity index is 1.62. The van der Waals surface area contributed by atoms with Crippen LogP contribution >= 0.6 is 15.9 Å². The van der Waals surface area contributed by atoms with E-state index in [0.29, 0.717) is 0 Å². The third-order valence-electron chi connectivity index (χ3n) is 3.82. The molecule has 1 aromatic rings. The number of alkyl halides is 1. The van der Waals surface area contributed by atoms with Crippen LogP contribution in [0.1, 0.15) is 24.8 Å². The molecule has 0 bridgehead atoms. The van der Waals surface area contributed by atoms with Crippen molar-refractivity contribution < 1.29 is 0 Å². The highest BCUT2D eigenvalue weighted by Gasteiger charge is 2.16. The molecule has 2 rings (SSSR count). The Morgan fingerprint density at radius 1 is 0.842 bits per heavy atom. The third-order valence-corrected chi connectivity index (χ3v) is 4.38. The molecule has 19 heavy (non-hydrogen) atoms. The fraction of sp³-hybridized carbons (Fsp3) is 0.625. The summed E-state index contributed by atoms with van der Waals surface area (Å²) < 4.78 is 0. The number of rotatable bonds is 7. The zero-order valence-electron chi connectivity index (χ0n) is 11.7. The smallest absolute Gasteiger partial charge is 0.0234 e. The van der Waals surface area contributed by atoms with Crippen LogP contribution < -0.4 is 0 Å². The summed E-state index contributed by atoms with van der Waals surface area (Å²) in [5, 5.41) is 1.15. The molecule has 1 aliphatic rings. The average molecular weight is 325 g/mol. The molecule has 0 aliphatic carbocycles. The molecule has 0 saturated carbocycles. The van der Waals surface area contributed by atoms with E-state index in [-0.39, 0.29) is 0 Å². The quantitative estimate of drug-likeness (QED) is 0.560. The lowest BCUT2D eigenvalue weighted by Crippen LogP contribution is -2.46. The molecule has 0 spiro atoms. The lowest BCUT2D eigenvalue weighted by atomic mass is 10.2. The van der Waals surface area contributed by atoms with Crippen LogP contribution in [-0.2, 0) is 6.54 Å². The van der Waals surface area contributed by atoms with Crippen LogP contribution in [0.3, 0.4) is 0 Å². The number of hydrogen-bond donors (Lipinski definition) is 0. The van der Waals surface area contributed by atoms with Crippen molar-refractivity contribution in [1.29, 1.82) is 0 Å². The molecular weight excluding hydrogens is 300 g/mol. The number of halogens is 1. The first-order chi connectivity index (χ1) is 9.38. The van der Waals surface area contributed by atoms with E-state index in [4.69, 9.17) is 0 Å². The van der Waals surface area contributed by atoms with Crippen molar-refractivity contribution in [2.24, 2.45) is 0 Å². The van der Waals surface area contributed by atoms with Gasteiger partial charge < -0.3 is 4.90 Å². The van der Waals surface area contributed by atoms with E-state index in [0.717, 1.165) is 11.9 Å². The summed E-state index contributed by atoms with van der Waals surface area (Å²) in [5.41, 5.74) is 1.44. The van der Waals surface area contributed by atoms with E-state index >= 15 is 0 Å². The van der Waals surface area contributed by atoms with Gasteiger partial charge in [-0.1, -0.05) is 52.7 Å². The van der Waals surface area contributed by atoms with Crippen LogP contribution in [0.4, 0.5) is 0 Å². The molecule has 2 nitrogen and oxygen atoms in total. The van der Waals surface area contributed by atoms with Gasteiger partial charge in [0.05, 0.1) is 0 Å². The summed E-state index contributed by atoms with van der Waals surface area (Å²) in [6.45, 7) is 7.30. The number of nitrogens with zero attached hydrogens (tertiary/aromatic N) is 2. The summed E-state index contributed by atoms with van der Waals surface area (Å²) in [7, 11) is 0. The zero-order chi connectivity index (χ0) is 13.3. The van der Waals surface area contributed by atoms with Crippen molar-refractivity contribution in [2.75, 3.05) is 38.1 Å². The molecule has 0 atom stereocenters. The van der Waals surface area contributed by atoms with Crippen LogP contribution in [0.5, 0.6) is 0 Å². The number of benzene rings is 1. The fourth-order valence-corrected chi connectivity index (χ4v) is 3.02. The minimum absolute atomic E-state index is 1.11. The average Bonchev–Trinajstić information content (AvgIpc) is 2.46. The Kier molecular flexibility index (Phi) is 6.90. The standard InChI is InChI=1S/C16H25BrN2/c17-9-5-2-6-10-18-11-13-19(14-12-18)15-16-7-3-1-4-8-16/h1,3-4,7-8H,2,5-6,9-15H2. The fourth-order valence-electron chi connectivity index (χ4n) is 2.62. The van der Waals surface area contributed by atoms with Crippen LogP contribution in [0.15, 0.2) is 30.3 Å². The minimum atomic E-state index is 1.11. The van der Waals surface area contributed by atoms with E-state index in [1.807, 2.05) is 0 Å². The van der Waals surface area contributed by atoms with Crippen LogP contribution in [0.2, 0.25) is 0 Å². The zero-order valence-corrected chi connectivity index (χ0v) is 13.3. The number of unbranched alkanes of at least 4 members (excludes halogenated alkanes) is 2. The van der Waals surface area contributed by atoms with Crippen molar-refractivity contribution in [1.82, 2.24) is 9.80 Å². The molecule has 1 saturated heterocycles. The van der Waals surface area contributed by atoms with Crippen molar-refractivity contribution in [3.8, 4) is 0 Å². The molecule has 106 valence electrons. The summed E-state index contributed by atoms with van der Waals surface area (Å²) in [4.78, 5) is 5.19. The summed E-state index contributed by atoms with van der Waals surface area (Å²) in [6.07, 6.45) is 4.02. The first-order valence-electron chi connectivity index (χ1n) is 7.43. The van der Waals surface area contributed by atoms with Gasteiger partial charge in [-0.25, -0.2) is 0 Å². The summed E-state index contributed by atoms with van der Waals surface area (Å²) in [5.74, 6) is 0. The molecule has 0 N–H and O–H groups in total. The van der Waals surface area contributed by atoms with Gasteiger partial charge in [0, 0.05) is 38.1 Å². The van der Waals surface area contributed by atoms with E-state index in [2.05, 4.69) is 56.1 Å². The lowest BCUT2D eigenvalue weighted by molar-refractivity contribution is 0.125. The van der Waals surface area contributed by atoms with Gasteiger partial charge in [0.2, 0.25) is 0 Å². The molecule has 1 fully saturated rings. The molecule has 0 unspecified atom stereocenters. The van der Waals surface area contributed by atoms with Gasteiger partial charge in [-0.15, -0.1) is 0 Å². The van der Waals surface area contributed by atoms with Crippen molar-refractivity contribution in [3.63, 3.8) is 0 Å². The number of hydrogen-bond acceptors (Lipinski definition) is 2. The van der Waals surface area contributed by atoms with Gasteiger partial charge in [-0.2, -0.15) is 0 Å². The first kappa shape index (κ1) is 15.0.